The molecular formula is C12H13F3N2O2. The van der Waals surface area contributed by atoms with Gasteiger partial charge in [0.05, 0.1) is 5.52 Å². The van der Waals surface area contributed by atoms with Crippen LogP contribution in [0.1, 0.15) is 24.9 Å². The first-order valence-electron chi connectivity index (χ1n) is 5.84. The maximum Gasteiger partial charge on any atom is 0.417 e. The molecule has 4 nitrogen and oxygen atoms in total. The number of oxazole rings is 1. The van der Waals surface area contributed by atoms with Crippen molar-refractivity contribution in [3.63, 3.8) is 0 Å². The van der Waals surface area contributed by atoms with Crippen molar-refractivity contribution in [1.29, 1.82) is 0 Å². The van der Waals surface area contributed by atoms with Gasteiger partial charge in [0, 0.05) is 0 Å². The molecule has 0 saturated carbocycles. The van der Waals surface area contributed by atoms with Crippen LogP contribution in [-0.2, 0) is 0 Å². The first-order valence-corrected chi connectivity index (χ1v) is 5.84. The first-order chi connectivity index (χ1) is 8.91. The van der Waals surface area contributed by atoms with Gasteiger partial charge >= 0.3 is 11.9 Å². The van der Waals surface area contributed by atoms with Crippen LogP contribution in [0.3, 0.4) is 0 Å². The quantitative estimate of drug-likeness (QED) is 0.901. The second kappa shape index (κ2) is 5.08. The summed E-state index contributed by atoms with van der Waals surface area (Å²) in [7, 11) is 0. The monoisotopic (exact) mass is 274 g/mol. The standard InChI is InChI=1S/C12H13F3N2O2/c1-2-5-16-10(12(13,14)15)7-3-4-8-9(6-7)19-11(18)17-8/h3-4,6,10,16H,2,5H2,1H3,(H,17,18). The highest BCUT2D eigenvalue weighted by atomic mass is 19.4. The number of benzene rings is 1. The first kappa shape index (κ1) is 13.7. The molecule has 2 aromatic rings. The number of hydrogen-bond donors (Lipinski definition) is 2. The van der Waals surface area contributed by atoms with Crippen molar-refractivity contribution in [2.75, 3.05) is 6.54 Å². The Morgan fingerprint density at radius 1 is 1.42 bits per heavy atom. The van der Waals surface area contributed by atoms with Crippen LogP contribution in [0.15, 0.2) is 27.4 Å². The Morgan fingerprint density at radius 3 is 2.79 bits per heavy atom. The van der Waals surface area contributed by atoms with Crippen LogP contribution >= 0.6 is 0 Å². The third-order valence-electron chi connectivity index (χ3n) is 2.70. The zero-order valence-electron chi connectivity index (χ0n) is 10.2. The fourth-order valence-electron chi connectivity index (χ4n) is 1.85. The molecule has 104 valence electrons. The molecular weight excluding hydrogens is 261 g/mol. The summed E-state index contributed by atoms with van der Waals surface area (Å²) in [6.45, 7) is 2.04. The number of fused-ring (bicyclic) bond motifs is 1. The summed E-state index contributed by atoms with van der Waals surface area (Å²) >= 11 is 0. The van der Waals surface area contributed by atoms with Crippen molar-refractivity contribution >= 4 is 11.1 Å². The number of hydrogen-bond acceptors (Lipinski definition) is 3. The molecule has 2 rings (SSSR count). The van der Waals surface area contributed by atoms with E-state index < -0.39 is 18.0 Å². The maximum absolute atomic E-state index is 13.0. The van der Waals surface area contributed by atoms with Crippen molar-refractivity contribution in [2.45, 2.75) is 25.6 Å². The van der Waals surface area contributed by atoms with Gasteiger partial charge in [0.2, 0.25) is 0 Å². The second-order valence-corrected chi connectivity index (χ2v) is 4.20. The molecule has 7 heteroatoms. The summed E-state index contributed by atoms with van der Waals surface area (Å²) < 4.78 is 43.7. The Bertz CT molecular complexity index is 615. The van der Waals surface area contributed by atoms with E-state index in [1.807, 2.05) is 0 Å². The van der Waals surface area contributed by atoms with Gasteiger partial charge in [-0.05, 0) is 30.7 Å². The van der Waals surface area contributed by atoms with Gasteiger partial charge in [0.25, 0.3) is 0 Å². The van der Waals surface area contributed by atoms with Crippen LogP contribution in [0.4, 0.5) is 13.2 Å². The summed E-state index contributed by atoms with van der Waals surface area (Å²) in [5.74, 6) is -0.683. The van der Waals surface area contributed by atoms with Gasteiger partial charge in [0.1, 0.15) is 6.04 Å². The van der Waals surface area contributed by atoms with E-state index in [0.717, 1.165) is 0 Å². The molecule has 1 aromatic heterocycles. The Kier molecular flexibility index (Phi) is 3.66. The molecule has 1 atom stereocenters. The van der Waals surface area contributed by atoms with Crippen molar-refractivity contribution in [1.82, 2.24) is 10.3 Å². The van der Waals surface area contributed by atoms with Crippen LogP contribution in [0.25, 0.3) is 11.1 Å². The van der Waals surface area contributed by atoms with Crippen LogP contribution in [0, 0.1) is 0 Å². The van der Waals surface area contributed by atoms with E-state index in [0.29, 0.717) is 11.9 Å². The van der Waals surface area contributed by atoms with E-state index in [9.17, 15) is 18.0 Å². The zero-order chi connectivity index (χ0) is 14.0. The van der Waals surface area contributed by atoms with Crippen LogP contribution in [0.2, 0.25) is 0 Å². The van der Waals surface area contributed by atoms with Gasteiger partial charge in [-0.15, -0.1) is 0 Å². The van der Waals surface area contributed by atoms with E-state index in [-0.39, 0.29) is 17.7 Å². The molecule has 0 spiro atoms. The van der Waals surface area contributed by atoms with Crippen LogP contribution in [-0.4, -0.2) is 17.7 Å². The van der Waals surface area contributed by atoms with E-state index in [4.69, 9.17) is 4.42 Å². The highest BCUT2D eigenvalue weighted by molar-refractivity contribution is 5.72. The summed E-state index contributed by atoms with van der Waals surface area (Å²) in [5, 5.41) is 2.44. The summed E-state index contributed by atoms with van der Waals surface area (Å²) in [6.07, 6.45) is -3.81. The number of nitrogens with one attached hydrogen (secondary N) is 2. The minimum absolute atomic E-state index is 0.0243. The molecule has 0 aliphatic heterocycles. The van der Waals surface area contributed by atoms with E-state index in [1.165, 1.54) is 18.2 Å². The fourth-order valence-corrected chi connectivity index (χ4v) is 1.85. The lowest BCUT2D eigenvalue weighted by molar-refractivity contribution is -0.157. The van der Waals surface area contributed by atoms with Gasteiger partial charge in [-0.3, -0.25) is 4.98 Å². The van der Waals surface area contributed by atoms with Crippen molar-refractivity contribution in [3.8, 4) is 0 Å². The number of aromatic amines is 1. The largest absolute Gasteiger partial charge is 0.417 e. The number of H-pyrrole nitrogens is 1. The van der Waals surface area contributed by atoms with Crippen molar-refractivity contribution in [2.24, 2.45) is 0 Å². The molecule has 19 heavy (non-hydrogen) atoms. The highest BCUT2D eigenvalue weighted by Crippen LogP contribution is 2.33. The molecule has 0 saturated heterocycles. The van der Waals surface area contributed by atoms with Crippen molar-refractivity contribution in [3.05, 3.63) is 34.3 Å². The normalized spacial score (nSPS) is 13.9. The highest BCUT2D eigenvalue weighted by Gasteiger charge is 2.40. The Morgan fingerprint density at radius 2 is 2.16 bits per heavy atom. The Balaban J connectivity index is 2.40. The maximum atomic E-state index is 13.0. The number of aromatic nitrogens is 1. The van der Waals surface area contributed by atoms with Gasteiger partial charge in [-0.2, -0.15) is 13.2 Å². The Hall–Kier alpha value is -1.76. The summed E-state index contributed by atoms with van der Waals surface area (Å²) in [4.78, 5) is 13.4. The van der Waals surface area contributed by atoms with Gasteiger partial charge in [-0.25, -0.2) is 4.79 Å². The lowest BCUT2D eigenvalue weighted by Crippen LogP contribution is -2.34. The number of halogens is 3. The van der Waals surface area contributed by atoms with Crippen LogP contribution in [0.5, 0.6) is 0 Å². The Labute approximate surface area is 106 Å². The SMILES string of the molecule is CCCNC(c1ccc2[nH]c(=O)oc2c1)C(F)(F)F. The lowest BCUT2D eigenvalue weighted by atomic mass is 10.1. The minimum Gasteiger partial charge on any atom is -0.408 e. The van der Waals surface area contributed by atoms with Gasteiger partial charge in [0.15, 0.2) is 5.58 Å². The smallest absolute Gasteiger partial charge is 0.408 e. The fraction of sp³-hybridized carbons (Fsp3) is 0.417. The molecule has 0 bridgehead atoms. The lowest BCUT2D eigenvalue weighted by Gasteiger charge is -2.21. The van der Waals surface area contributed by atoms with Crippen LogP contribution < -0.4 is 11.1 Å². The molecule has 0 aliphatic rings. The third kappa shape index (κ3) is 2.98. The van der Waals surface area contributed by atoms with E-state index in [1.54, 1.807) is 6.92 Å². The summed E-state index contributed by atoms with van der Waals surface area (Å²) in [6, 6.07) is 2.20. The molecule has 1 aromatic carbocycles. The second-order valence-electron chi connectivity index (χ2n) is 4.20. The molecule has 0 aliphatic carbocycles. The molecule has 0 amide bonds. The minimum atomic E-state index is -4.40. The molecule has 0 fully saturated rings. The number of alkyl halides is 3. The van der Waals surface area contributed by atoms with E-state index in [2.05, 4.69) is 10.3 Å². The topological polar surface area (TPSA) is 58.0 Å². The zero-order valence-corrected chi connectivity index (χ0v) is 10.2. The average molecular weight is 274 g/mol. The average Bonchev–Trinajstić information content (AvgIpc) is 2.67. The number of rotatable bonds is 4. The summed E-state index contributed by atoms with van der Waals surface area (Å²) in [5.41, 5.74) is 0.524. The molecule has 1 unspecified atom stereocenters. The van der Waals surface area contributed by atoms with Gasteiger partial charge in [-0.1, -0.05) is 13.0 Å². The van der Waals surface area contributed by atoms with Gasteiger partial charge < -0.3 is 9.73 Å². The molecule has 2 N–H and O–H groups in total. The predicted molar refractivity (Wildman–Crippen MR) is 63.9 cm³/mol. The van der Waals surface area contributed by atoms with E-state index >= 15 is 0 Å². The molecule has 1 heterocycles. The third-order valence-corrected chi connectivity index (χ3v) is 2.70. The predicted octanol–water partition coefficient (Wildman–Crippen LogP) is 2.72. The van der Waals surface area contributed by atoms with Crippen molar-refractivity contribution < 1.29 is 17.6 Å². The molecule has 0 radical (unpaired) electrons.